The highest BCUT2D eigenvalue weighted by Crippen LogP contribution is 2.38. The predicted molar refractivity (Wildman–Crippen MR) is 102 cm³/mol. The second-order valence-electron chi connectivity index (χ2n) is 8.31. The van der Waals surface area contributed by atoms with Crippen molar-refractivity contribution in [3.8, 4) is 11.3 Å². The molecule has 1 aliphatic carbocycles. The first kappa shape index (κ1) is 17.4. The molecule has 0 unspecified atom stereocenters. The molecule has 0 radical (unpaired) electrons. The van der Waals surface area contributed by atoms with Crippen LogP contribution in [0, 0.1) is 11.8 Å². The lowest BCUT2D eigenvalue weighted by atomic mass is 9.78. The molecule has 2 atom stereocenters. The van der Waals surface area contributed by atoms with Crippen LogP contribution in [0.4, 0.5) is 5.82 Å². The van der Waals surface area contributed by atoms with Gasteiger partial charge in [-0.1, -0.05) is 0 Å². The van der Waals surface area contributed by atoms with Gasteiger partial charge in [-0.05, 0) is 31.2 Å². The Morgan fingerprint density at radius 3 is 2.68 bits per heavy atom. The van der Waals surface area contributed by atoms with Crippen molar-refractivity contribution in [3.63, 3.8) is 0 Å². The number of aromatic nitrogens is 3. The van der Waals surface area contributed by atoms with Gasteiger partial charge in [0.25, 0.3) is 5.56 Å². The van der Waals surface area contributed by atoms with Crippen LogP contribution in [0.5, 0.6) is 0 Å². The summed E-state index contributed by atoms with van der Waals surface area (Å²) in [6.45, 7) is 1.95. The van der Waals surface area contributed by atoms with E-state index >= 15 is 0 Å². The maximum absolute atomic E-state index is 12.8. The van der Waals surface area contributed by atoms with E-state index in [2.05, 4.69) is 9.97 Å². The van der Waals surface area contributed by atoms with E-state index in [-0.39, 0.29) is 29.4 Å². The molecule has 8 heteroatoms. The molecule has 5 rings (SSSR count). The number of carbonyl (C=O) groups excluding carboxylic acids is 1. The average molecular weight is 381 g/mol. The molecule has 0 spiro atoms. The Bertz CT molecular complexity index is 998. The van der Waals surface area contributed by atoms with Crippen LogP contribution >= 0.6 is 0 Å². The third-order valence-corrected chi connectivity index (χ3v) is 6.31. The Kier molecular flexibility index (Phi) is 3.97. The fraction of sp³-hybridized carbons (Fsp3) is 0.500. The molecule has 3 aliphatic rings. The molecule has 2 aliphatic heterocycles. The van der Waals surface area contributed by atoms with Crippen molar-refractivity contribution in [1.29, 1.82) is 0 Å². The number of nitrogen functional groups attached to an aromatic ring is 1. The third kappa shape index (κ3) is 2.88. The Hall–Kier alpha value is -2.74. The quantitative estimate of drug-likeness (QED) is 0.788. The SMILES string of the molecule is Nc1cc(-c2cc3n(c(=O)c2)C[C@H]2C[C@@H]3CN(C(=O)C3CC(O)C3)C2)ncn1. The van der Waals surface area contributed by atoms with Gasteiger partial charge in [-0.3, -0.25) is 9.59 Å². The first-order chi connectivity index (χ1) is 13.5. The number of likely N-dealkylation sites (tertiary alicyclic amines) is 1. The van der Waals surface area contributed by atoms with Gasteiger partial charge in [-0.25, -0.2) is 9.97 Å². The average Bonchev–Trinajstić information content (AvgIpc) is 2.65. The molecule has 3 N–H and O–H groups in total. The molecule has 2 aromatic heterocycles. The minimum Gasteiger partial charge on any atom is -0.393 e. The minimum absolute atomic E-state index is 0.0405. The summed E-state index contributed by atoms with van der Waals surface area (Å²) in [7, 11) is 0. The summed E-state index contributed by atoms with van der Waals surface area (Å²) in [6, 6.07) is 5.27. The zero-order valence-electron chi connectivity index (χ0n) is 15.5. The Morgan fingerprint density at radius 1 is 1.11 bits per heavy atom. The van der Waals surface area contributed by atoms with Crippen LogP contribution in [0.1, 0.15) is 30.9 Å². The summed E-state index contributed by atoms with van der Waals surface area (Å²) >= 11 is 0. The van der Waals surface area contributed by atoms with Gasteiger partial charge in [-0.2, -0.15) is 0 Å². The topological polar surface area (TPSA) is 114 Å². The predicted octanol–water partition coefficient (Wildman–Crippen LogP) is 0.604. The fourth-order valence-corrected chi connectivity index (χ4v) is 4.86. The van der Waals surface area contributed by atoms with Crippen LogP contribution in [0.2, 0.25) is 0 Å². The third-order valence-electron chi connectivity index (χ3n) is 6.31. The highest BCUT2D eigenvalue weighted by Gasteiger charge is 2.41. The molecule has 8 nitrogen and oxygen atoms in total. The van der Waals surface area contributed by atoms with E-state index < -0.39 is 0 Å². The molecule has 146 valence electrons. The molecular formula is C20H23N5O3. The number of carbonyl (C=O) groups is 1. The van der Waals surface area contributed by atoms with Crippen molar-refractivity contribution in [2.75, 3.05) is 18.8 Å². The van der Waals surface area contributed by atoms with Crippen molar-refractivity contribution in [2.24, 2.45) is 11.8 Å². The maximum Gasteiger partial charge on any atom is 0.251 e. The van der Waals surface area contributed by atoms with Gasteiger partial charge in [0.1, 0.15) is 12.1 Å². The number of rotatable bonds is 2. The van der Waals surface area contributed by atoms with Crippen molar-refractivity contribution in [1.82, 2.24) is 19.4 Å². The van der Waals surface area contributed by atoms with E-state index in [0.717, 1.165) is 17.7 Å². The first-order valence-electron chi connectivity index (χ1n) is 9.77. The van der Waals surface area contributed by atoms with E-state index in [4.69, 9.17) is 5.73 Å². The minimum atomic E-state index is -0.333. The van der Waals surface area contributed by atoms with Gasteiger partial charge >= 0.3 is 0 Å². The first-order valence-corrected chi connectivity index (χ1v) is 9.77. The van der Waals surface area contributed by atoms with Crippen LogP contribution in [-0.4, -0.2) is 49.6 Å². The summed E-state index contributed by atoms with van der Waals surface area (Å²) < 4.78 is 1.85. The Labute approximate surface area is 162 Å². The largest absolute Gasteiger partial charge is 0.393 e. The number of fused-ring (bicyclic) bond motifs is 4. The molecule has 0 aromatic carbocycles. The van der Waals surface area contributed by atoms with Crippen LogP contribution in [0.15, 0.2) is 29.3 Å². The zero-order valence-corrected chi connectivity index (χ0v) is 15.5. The van der Waals surface area contributed by atoms with E-state index in [1.807, 2.05) is 15.5 Å². The fourth-order valence-electron chi connectivity index (χ4n) is 4.86. The van der Waals surface area contributed by atoms with Crippen LogP contribution < -0.4 is 11.3 Å². The lowest BCUT2D eigenvalue weighted by Gasteiger charge is -2.45. The van der Waals surface area contributed by atoms with E-state index in [9.17, 15) is 14.7 Å². The number of pyridine rings is 1. The number of anilines is 1. The molecule has 2 bridgehead atoms. The van der Waals surface area contributed by atoms with E-state index in [1.165, 1.54) is 6.33 Å². The highest BCUT2D eigenvalue weighted by molar-refractivity contribution is 5.80. The number of amides is 1. The van der Waals surface area contributed by atoms with Gasteiger partial charge in [0.2, 0.25) is 5.91 Å². The number of nitrogens with zero attached hydrogens (tertiary/aromatic N) is 4. The molecule has 28 heavy (non-hydrogen) atoms. The maximum atomic E-state index is 12.8. The standard InChI is InChI=1S/C20H23N5O3/c21-18-6-16(22-10-23-18)12-4-17-14-1-11(8-25(17)19(27)5-12)7-24(9-14)20(28)13-2-15(26)3-13/h4-6,10-11,13-15,26H,1-3,7-9H2,(H2,21,22,23)/t11-,13?,14+,15?/m0/s1. The molecule has 1 amide bonds. The summed E-state index contributed by atoms with van der Waals surface area (Å²) in [4.78, 5) is 35.6. The summed E-state index contributed by atoms with van der Waals surface area (Å²) in [6.07, 6.45) is 3.18. The normalized spacial score (nSPS) is 28.4. The molecular weight excluding hydrogens is 358 g/mol. The van der Waals surface area contributed by atoms with Crippen LogP contribution in [0.3, 0.4) is 0 Å². The van der Waals surface area contributed by atoms with Crippen LogP contribution in [-0.2, 0) is 11.3 Å². The molecule has 4 heterocycles. The Balaban J connectivity index is 1.46. The van der Waals surface area contributed by atoms with Crippen molar-refractivity contribution >= 4 is 11.7 Å². The van der Waals surface area contributed by atoms with Gasteiger partial charge in [0, 0.05) is 54.9 Å². The summed E-state index contributed by atoms with van der Waals surface area (Å²) in [5, 5.41) is 9.52. The summed E-state index contributed by atoms with van der Waals surface area (Å²) in [5.41, 5.74) is 8.04. The van der Waals surface area contributed by atoms with E-state index in [0.29, 0.717) is 49.9 Å². The highest BCUT2D eigenvalue weighted by atomic mass is 16.3. The second-order valence-corrected chi connectivity index (χ2v) is 8.31. The lowest BCUT2D eigenvalue weighted by molar-refractivity contribution is -0.145. The number of aliphatic hydroxyl groups is 1. The molecule has 2 fully saturated rings. The molecule has 1 saturated carbocycles. The number of nitrogens with two attached hydrogens (primary N) is 1. The number of piperidine rings is 1. The van der Waals surface area contributed by atoms with E-state index in [1.54, 1.807) is 12.1 Å². The van der Waals surface area contributed by atoms with Gasteiger partial charge in [0.05, 0.1) is 11.8 Å². The summed E-state index contributed by atoms with van der Waals surface area (Å²) in [5.74, 6) is 0.883. The lowest BCUT2D eigenvalue weighted by Crippen LogP contribution is -2.52. The zero-order chi connectivity index (χ0) is 19.4. The number of hydrogen-bond donors (Lipinski definition) is 2. The second kappa shape index (κ2) is 6.41. The Morgan fingerprint density at radius 2 is 1.93 bits per heavy atom. The molecule has 1 saturated heterocycles. The smallest absolute Gasteiger partial charge is 0.251 e. The molecule has 2 aromatic rings. The van der Waals surface area contributed by atoms with Crippen molar-refractivity contribution in [2.45, 2.75) is 37.8 Å². The van der Waals surface area contributed by atoms with Crippen LogP contribution in [0.25, 0.3) is 11.3 Å². The number of aliphatic hydroxyl groups excluding tert-OH is 1. The van der Waals surface area contributed by atoms with Gasteiger partial charge < -0.3 is 20.3 Å². The van der Waals surface area contributed by atoms with Gasteiger partial charge in [-0.15, -0.1) is 0 Å². The van der Waals surface area contributed by atoms with Crippen molar-refractivity contribution in [3.05, 3.63) is 40.6 Å². The monoisotopic (exact) mass is 381 g/mol. The number of hydrogen-bond acceptors (Lipinski definition) is 6. The van der Waals surface area contributed by atoms with Gasteiger partial charge in [0.15, 0.2) is 0 Å². The van der Waals surface area contributed by atoms with Crippen molar-refractivity contribution < 1.29 is 9.90 Å².